The van der Waals surface area contributed by atoms with Gasteiger partial charge in [-0.1, -0.05) is 206 Å². The topological polar surface area (TPSA) is 3.24 Å². The highest BCUT2D eigenvalue weighted by molar-refractivity contribution is 6.09. The molecule has 10 aromatic rings. The first-order valence-electron chi connectivity index (χ1n) is 20.5. The Morgan fingerprint density at radius 1 is 0.339 bits per heavy atom. The third kappa shape index (κ3) is 5.62. The molecule has 0 fully saturated rings. The Morgan fingerprint density at radius 2 is 0.864 bits per heavy atom. The zero-order chi connectivity index (χ0) is 39.3. The fraction of sp³-hybridized carbons (Fsp3) is 0.0345. The van der Waals surface area contributed by atoms with E-state index in [4.69, 9.17) is 0 Å². The zero-order valence-electron chi connectivity index (χ0n) is 32.9. The Labute approximate surface area is 346 Å². The van der Waals surface area contributed by atoms with Crippen molar-refractivity contribution < 1.29 is 0 Å². The van der Waals surface area contributed by atoms with Gasteiger partial charge in [0.1, 0.15) is 0 Å². The van der Waals surface area contributed by atoms with E-state index in [0.717, 1.165) is 17.1 Å². The highest BCUT2D eigenvalue weighted by Gasteiger charge is 2.42. The Kier molecular flexibility index (Phi) is 8.34. The molecule has 0 N–H and O–H groups in total. The highest BCUT2D eigenvalue weighted by Crippen LogP contribution is 2.57. The van der Waals surface area contributed by atoms with Gasteiger partial charge in [-0.25, -0.2) is 0 Å². The smallest absolute Gasteiger partial charge is 0.0543 e. The van der Waals surface area contributed by atoms with E-state index in [1.54, 1.807) is 0 Å². The van der Waals surface area contributed by atoms with Crippen molar-refractivity contribution in [2.45, 2.75) is 12.3 Å². The van der Waals surface area contributed by atoms with Crippen molar-refractivity contribution in [2.75, 3.05) is 4.90 Å². The molecule has 1 heteroatoms. The lowest BCUT2D eigenvalue weighted by Crippen LogP contribution is -2.22. The standard InChI is InChI=1S/C58H41N/c1-58(44-24-6-3-7-25-44)52-32-12-10-28-51(52)57-53(58)33-17-35-55(57)59(45-38-36-42(37-39-45)47-29-14-21-40-20-8-9-26-46(40)47)54-34-13-11-27-49(54)50-31-16-23-43-22-15-30-48(56(43)50)41-18-4-2-5-19-41/h2-39H,1H3. The van der Waals surface area contributed by atoms with Gasteiger partial charge in [0, 0.05) is 22.2 Å². The second kappa shape index (κ2) is 14.2. The molecule has 1 atom stereocenters. The average molecular weight is 752 g/mol. The SMILES string of the molecule is CC1(c2ccccc2)c2ccccc2-c2c(N(c3ccc(-c4cccc5ccccc45)cc3)c3ccccc3-c3cccc4cccc(-c5ccccc5)c34)cccc21. The Balaban J connectivity index is 1.18. The summed E-state index contributed by atoms with van der Waals surface area (Å²) in [5.41, 5.74) is 16.8. The quantitative estimate of drug-likeness (QED) is 0.157. The monoisotopic (exact) mass is 751 g/mol. The number of fused-ring (bicyclic) bond motifs is 5. The van der Waals surface area contributed by atoms with Gasteiger partial charge in [0.05, 0.1) is 11.4 Å². The van der Waals surface area contributed by atoms with E-state index in [0.29, 0.717) is 0 Å². The van der Waals surface area contributed by atoms with E-state index in [1.165, 1.54) is 82.7 Å². The third-order valence-corrected chi connectivity index (χ3v) is 12.6. The fourth-order valence-corrected chi connectivity index (χ4v) is 9.79. The molecule has 0 amide bonds. The Hall–Kier alpha value is -7.48. The third-order valence-electron chi connectivity index (χ3n) is 12.6. The number of rotatable bonds is 7. The fourth-order valence-electron chi connectivity index (χ4n) is 9.79. The van der Waals surface area contributed by atoms with E-state index in [-0.39, 0.29) is 5.41 Å². The summed E-state index contributed by atoms with van der Waals surface area (Å²) < 4.78 is 0. The van der Waals surface area contributed by atoms with Crippen LogP contribution in [0.4, 0.5) is 17.1 Å². The van der Waals surface area contributed by atoms with Crippen molar-refractivity contribution in [3.8, 4) is 44.5 Å². The maximum absolute atomic E-state index is 2.51. The van der Waals surface area contributed by atoms with Gasteiger partial charge in [-0.05, 0) is 103 Å². The van der Waals surface area contributed by atoms with Crippen LogP contribution in [-0.4, -0.2) is 0 Å². The minimum absolute atomic E-state index is 0.327. The van der Waals surface area contributed by atoms with Gasteiger partial charge in [-0.2, -0.15) is 0 Å². The minimum Gasteiger partial charge on any atom is -0.309 e. The van der Waals surface area contributed by atoms with Gasteiger partial charge in [-0.3, -0.25) is 0 Å². The summed E-state index contributed by atoms with van der Waals surface area (Å²) in [4.78, 5) is 2.51. The van der Waals surface area contributed by atoms with Crippen molar-refractivity contribution in [1.82, 2.24) is 0 Å². The molecule has 0 spiro atoms. The van der Waals surface area contributed by atoms with Crippen LogP contribution in [0.1, 0.15) is 23.6 Å². The molecule has 0 saturated heterocycles. The van der Waals surface area contributed by atoms with Gasteiger partial charge in [-0.15, -0.1) is 0 Å². The van der Waals surface area contributed by atoms with Gasteiger partial charge >= 0.3 is 0 Å². The number of para-hydroxylation sites is 1. The second-order valence-corrected chi connectivity index (χ2v) is 15.7. The zero-order valence-corrected chi connectivity index (χ0v) is 32.9. The molecule has 278 valence electrons. The summed E-state index contributed by atoms with van der Waals surface area (Å²) in [7, 11) is 0. The lowest BCUT2D eigenvalue weighted by molar-refractivity contribution is 0.714. The molecule has 0 bridgehead atoms. The van der Waals surface area contributed by atoms with Crippen LogP contribution in [0, 0.1) is 0 Å². The molecule has 1 nitrogen and oxygen atoms in total. The molecule has 11 rings (SSSR count). The molecule has 1 unspecified atom stereocenters. The maximum Gasteiger partial charge on any atom is 0.0543 e. The molecule has 1 aliphatic carbocycles. The summed E-state index contributed by atoms with van der Waals surface area (Å²) in [6.07, 6.45) is 0. The number of nitrogens with zero attached hydrogens (tertiary/aromatic N) is 1. The Morgan fingerprint density at radius 3 is 1.66 bits per heavy atom. The Bertz CT molecular complexity index is 3150. The molecule has 0 radical (unpaired) electrons. The normalized spacial score (nSPS) is 14.3. The van der Waals surface area contributed by atoms with Crippen LogP contribution in [-0.2, 0) is 5.41 Å². The predicted octanol–water partition coefficient (Wildman–Crippen LogP) is 15.8. The summed E-state index contributed by atoms with van der Waals surface area (Å²) >= 11 is 0. The number of hydrogen-bond acceptors (Lipinski definition) is 1. The molecule has 0 aliphatic heterocycles. The first kappa shape index (κ1) is 34.7. The lowest BCUT2D eigenvalue weighted by atomic mass is 9.74. The first-order chi connectivity index (χ1) is 29.2. The molecule has 1 aliphatic rings. The van der Waals surface area contributed by atoms with E-state index in [9.17, 15) is 0 Å². The molecule has 10 aromatic carbocycles. The molecule has 0 saturated carbocycles. The maximum atomic E-state index is 2.51. The van der Waals surface area contributed by atoms with E-state index in [1.807, 2.05) is 0 Å². The first-order valence-corrected chi connectivity index (χ1v) is 20.5. The lowest BCUT2D eigenvalue weighted by Gasteiger charge is -2.32. The van der Waals surface area contributed by atoms with E-state index >= 15 is 0 Å². The van der Waals surface area contributed by atoms with Crippen molar-refractivity contribution in [3.05, 3.63) is 247 Å². The molecule has 0 heterocycles. The van der Waals surface area contributed by atoms with Crippen molar-refractivity contribution in [1.29, 1.82) is 0 Å². The van der Waals surface area contributed by atoms with Crippen molar-refractivity contribution in [3.63, 3.8) is 0 Å². The number of hydrogen-bond donors (Lipinski definition) is 0. The van der Waals surface area contributed by atoms with Crippen LogP contribution < -0.4 is 4.90 Å². The average Bonchev–Trinajstić information content (AvgIpc) is 3.58. The largest absolute Gasteiger partial charge is 0.309 e. The number of anilines is 3. The summed E-state index contributed by atoms with van der Waals surface area (Å²) in [5, 5.41) is 4.97. The molecule has 59 heavy (non-hydrogen) atoms. The van der Waals surface area contributed by atoms with Crippen molar-refractivity contribution >= 4 is 38.6 Å². The molecular formula is C58H41N. The van der Waals surface area contributed by atoms with E-state index < -0.39 is 0 Å². The summed E-state index contributed by atoms with van der Waals surface area (Å²) in [5.74, 6) is 0. The summed E-state index contributed by atoms with van der Waals surface area (Å²) in [6, 6.07) is 84.6. The van der Waals surface area contributed by atoms with Crippen LogP contribution in [0.2, 0.25) is 0 Å². The van der Waals surface area contributed by atoms with Crippen LogP contribution >= 0.6 is 0 Å². The van der Waals surface area contributed by atoms with E-state index in [2.05, 4.69) is 242 Å². The second-order valence-electron chi connectivity index (χ2n) is 15.7. The van der Waals surface area contributed by atoms with Crippen LogP contribution in [0.25, 0.3) is 66.1 Å². The predicted molar refractivity (Wildman–Crippen MR) is 250 cm³/mol. The van der Waals surface area contributed by atoms with Gasteiger partial charge in [0.2, 0.25) is 0 Å². The number of benzene rings is 10. The molecular weight excluding hydrogens is 711 g/mol. The minimum atomic E-state index is -0.327. The van der Waals surface area contributed by atoms with Crippen molar-refractivity contribution in [2.24, 2.45) is 0 Å². The van der Waals surface area contributed by atoms with Gasteiger partial charge in [0.25, 0.3) is 0 Å². The summed E-state index contributed by atoms with van der Waals surface area (Å²) in [6.45, 7) is 2.40. The van der Waals surface area contributed by atoms with Crippen LogP contribution in [0.5, 0.6) is 0 Å². The highest BCUT2D eigenvalue weighted by atomic mass is 15.1. The van der Waals surface area contributed by atoms with Gasteiger partial charge < -0.3 is 4.90 Å². The van der Waals surface area contributed by atoms with Crippen LogP contribution in [0.15, 0.2) is 231 Å². The van der Waals surface area contributed by atoms with Gasteiger partial charge in [0.15, 0.2) is 0 Å². The molecule has 0 aromatic heterocycles. The van der Waals surface area contributed by atoms with Crippen LogP contribution in [0.3, 0.4) is 0 Å².